The Kier molecular flexibility index (Phi) is 2.72. The van der Waals surface area contributed by atoms with E-state index in [1.165, 1.54) is 18.3 Å². The predicted octanol–water partition coefficient (Wildman–Crippen LogP) is 1.89. The zero-order valence-corrected chi connectivity index (χ0v) is 11.5. The van der Waals surface area contributed by atoms with Crippen LogP contribution in [0.3, 0.4) is 0 Å². The van der Waals surface area contributed by atoms with Crippen LogP contribution in [0.25, 0.3) is 0 Å². The minimum Gasteiger partial charge on any atom is -0.399 e. The number of hydrogen-bond donors (Lipinski definition) is 2. The van der Waals surface area contributed by atoms with Gasteiger partial charge in [0.25, 0.3) is 0 Å². The molecular formula is C13H13ClFN5. The zero-order valence-electron chi connectivity index (χ0n) is 10.8. The Hall–Kier alpha value is -2.08. The highest BCUT2D eigenvalue weighted by molar-refractivity contribution is 6.33. The Morgan fingerprint density at radius 1 is 1.40 bits per heavy atom. The Morgan fingerprint density at radius 3 is 2.90 bits per heavy atom. The van der Waals surface area contributed by atoms with Crippen LogP contribution in [0.5, 0.6) is 0 Å². The average Bonchev–Trinajstić information content (AvgIpc) is 2.73. The van der Waals surface area contributed by atoms with Crippen LogP contribution in [0.4, 0.5) is 10.1 Å². The number of rotatable bonds is 1. The van der Waals surface area contributed by atoms with Crippen LogP contribution in [0.1, 0.15) is 18.2 Å². The molecule has 7 heteroatoms. The Balaban J connectivity index is 2.16. The number of anilines is 1. The van der Waals surface area contributed by atoms with E-state index in [2.05, 4.69) is 10.1 Å². The molecule has 2 heterocycles. The fourth-order valence-corrected chi connectivity index (χ4v) is 2.72. The van der Waals surface area contributed by atoms with Gasteiger partial charge in [0, 0.05) is 11.3 Å². The Labute approximate surface area is 120 Å². The standard InChI is InChI=1S/C13H13ClFN5/c1-13(8-4-7(16)2-3-10(8)15)6-20-11(12(17)19-13)9(14)5-18-20/h2-5H,6,16H2,1H3,(H2,17,19)/t13-/m0/s1. The summed E-state index contributed by atoms with van der Waals surface area (Å²) in [5.74, 6) is -0.136. The van der Waals surface area contributed by atoms with Crippen LogP contribution in [0.2, 0.25) is 5.02 Å². The van der Waals surface area contributed by atoms with E-state index in [1.807, 2.05) is 0 Å². The zero-order chi connectivity index (χ0) is 14.5. The molecule has 104 valence electrons. The van der Waals surface area contributed by atoms with Gasteiger partial charge in [0.05, 0.1) is 17.8 Å². The summed E-state index contributed by atoms with van der Waals surface area (Å²) in [5.41, 5.74) is 12.2. The first-order chi connectivity index (χ1) is 9.40. The maximum absolute atomic E-state index is 14.1. The maximum Gasteiger partial charge on any atom is 0.146 e. The van der Waals surface area contributed by atoms with Crippen molar-refractivity contribution in [2.24, 2.45) is 10.7 Å². The third-order valence-corrected chi connectivity index (χ3v) is 3.71. The normalized spacial score (nSPS) is 21.4. The number of hydrogen-bond acceptors (Lipinski definition) is 4. The molecule has 1 aromatic carbocycles. The number of benzene rings is 1. The molecule has 0 saturated carbocycles. The van der Waals surface area contributed by atoms with E-state index in [-0.39, 0.29) is 11.7 Å². The van der Waals surface area contributed by atoms with Crippen LogP contribution >= 0.6 is 11.6 Å². The summed E-state index contributed by atoms with van der Waals surface area (Å²) < 4.78 is 15.7. The molecule has 0 bridgehead atoms. The van der Waals surface area contributed by atoms with Crippen LogP contribution in [0, 0.1) is 5.82 Å². The number of halogens is 2. The second-order valence-electron chi connectivity index (χ2n) is 5.01. The summed E-state index contributed by atoms with van der Waals surface area (Å²) in [7, 11) is 0. The molecule has 0 amide bonds. The minimum atomic E-state index is -0.869. The summed E-state index contributed by atoms with van der Waals surface area (Å²) in [5, 5.41) is 4.58. The van der Waals surface area contributed by atoms with Crippen molar-refractivity contribution in [1.29, 1.82) is 0 Å². The second-order valence-corrected chi connectivity index (χ2v) is 5.42. The van der Waals surface area contributed by atoms with Gasteiger partial charge < -0.3 is 11.5 Å². The van der Waals surface area contributed by atoms with Crippen LogP contribution in [-0.2, 0) is 12.1 Å². The van der Waals surface area contributed by atoms with E-state index in [0.717, 1.165) is 0 Å². The number of amidine groups is 1. The molecule has 2 aromatic rings. The molecule has 0 radical (unpaired) electrons. The summed E-state index contributed by atoms with van der Waals surface area (Å²) in [6, 6.07) is 4.41. The molecule has 0 unspecified atom stereocenters. The number of fused-ring (bicyclic) bond motifs is 1. The van der Waals surface area contributed by atoms with Gasteiger partial charge in [-0.05, 0) is 25.1 Å². The summed E-state index contributed by atoms with van der Waals surface area (Å²) in [4.78, 5) is 4.41. The molecule has 3 rings (SSSR count). The molecule has 1 aliphatic heterocycles. The highest BCUT2D eigenvalue weighted by Gasteiger charge is 2.36. The highest BCUT2D eigenvalue weighted by atomic mass is 35.5. The van der Waals surface area contributed by atoms with E-state index in [1.54, 1.807) is 17.7 Å². The largest absolute Gasteiger partial charge is 0.399 e. The van der Waals surface area contributed by atoms with Crippen molar-refractivity contribution in [3.63, 3.8) is 0 Å². The highest BCUT2D eigenvalue weighted by Crippen LogP contribution is 2.35. The lowest BCUT2D eigenvalue weighted by atomic mass is 9.90. The van der Waals surface area contributed by atoms with E-state index in [4.69, 9.17) is 23.1 Å². The van der Waals surface area contributed by atoms with Crippen molar-refractivity contribution in [3.05, 3.63) is 46.5 Å². The first-order valence-electron chi connectivity index (χ1n) is 6.03. The number of aliphatic imine (C=N–C) groups is 1. The van der Waals surface area contributed by atoms with Gasteiger partial charge in [0.15, 0.2) is 0 Å². The molecule has 0 spiro atoms. The second kappa shape index (κ2) is 4.21. The van der Waals surface area contributed by atoms with Crippen LogP contribution in [-0.4, -0.2) is 15.6 Å². The lowest BCUT2D eigenvalue weighted by Crippen LogP contribution is -2.38. The van der Waals surface area contributed by atoms with Gasteiger partial charge in [-0.1, -0.05) is 11.6 Å². The SMILES string of the molecule is C[C@@]1(c2cc(N)ccc2F)Cn2ncc(Cl)c2C(N)=N1. The Bertz CT molecular complexity index is 724. The average molecular weight is 294 g/mol. The van der Waals surface area contributed by atoms with E-state index >= 15 is 0 Å². The van der Waals surface area contributed by atoms with Gasteiger partial charge in [-0.3, -0.25) is 9.67 Å². The van der Waals surface area contributed by atoms with Gasteiger partial charge in [-0.2, -0.15) is 5.10 Å². The first kappa shape index (κ1) is 12.9. The minimum absolute atomic E-state index is 0.239. The fraction of sp³-hybridized carbons (Fsp3) is 0.231. The van der Waals surface area contributed by atoms with Crippen molar-refractivity contribution in [1.82, 2.24) is 9.78 Å². The van der Waals surface area contributed by atoms with E-state index in [9.17, 15) is 4.39 Å². The molecule has 1 aromatic heterocycles. The van der Waals surface area contributed by atoms with Crippen molar-refractivity contribution >= 4 is 23.1 Å². The lowest BCUT2D eigenvalue weighted by molar-refractivity contribution is 0.363. The van der Waals surface area contributed by atoms with Gasteiger partial charge in [-0.15, -0.1) is 0 Å². The molecular weight excluding hydrogens is 281 g/mol. The number of aromatic nitrogens is 2. The Morgan fingerprint density at radius 2 is 2.15 bits per heavy atom. The first-order valence-corrected chi connectivity index (χ1v) is 6.41. The van der Waals surface area contributed by atoms with Crippen LogP contribution in [0.15, 0.2) is 29.4 Å². The summed E-state index contributed by atoms with van der Waals surface area (Å²) in [6.07, 6.45) is 1.50. The molecule has 5 nitrogen and oxygen atoms in total. The number of nitrogen functional groups attached to an aromatic ring is 1. The van der Waals surface area contributed by atoms with E-state index in [0.29, 0.717) is 28.5 Å². The van der Waals surface area contributed by atoms with Crippen molar-refractivity contribution < 1.29 is 4.39 Å². The number of nitrogens with two attached hydrogens (primary N) is 2. The molecule has 1 aliphatic rings. The molecule has 20 heavy (non-hydrogen) atoms. The summed E-state index contributed by atoms with van der Waals surface area (Å²) in [6.45, 7) is 2.13. The number of nitrogens with zero attached hydrogens (tertiary/aromatic N) is 3. The quantitative estimate of drug-likeness (QED) is 0.788. The van der Waals surface area contributed by atoms with Gasteiger partial charge in [0.1, 0.15) is 22.9 Å². The van der Waals surface area contributed by atoms with Gasteiger partial charge >= 0.3 is 0 Å². The lowest BCUT2D eigenvalue weighted by Gasteiger charge is -2.31. The molecule has 0 saturated heterocycles. The summed E-state index contributed by atoms with van der Waals surface area (Å²) >= 11 is 6.01. The van der Waals surface area contributed by atoms with Crippen molar-refractivity contribution in [2.75, 3.05) is 5.73 Å². The van der Waals surface area contributed by atoms with Crippen molar-refractivity contribution in [3.8, 4) is 0 Å². The smallest absolute Gasteiger partial charge is 0.146 e. The fourth-order valence-electron chi connectivity index (χ4n) is 2.48. The maximum atomic E-state index is 14.1. The molecule has 0 fully saturated rings. The molecule has 0 aliphatic carbocycles. The third-order valence-electron chi connectivity index (χ3n) is 3.43. The predicted molar refractivity (Wildman–Crippen MR) is 76.1 cm³/mol. The van der Waals surface area contributed by atoms with Gasteiger partial charge in [0.2, 0.25) is 0 Å². The van der Waals surface area contributed by atoms with Crippen molar-refractivity contribution in [2.45, 2.75) is 19.0 Å². The van der Waals surface area contributed by atoms with Gasteiger partial charge in [-0.25, -0.2) is 4.39 Å². The molecule has 4 N–H and O–H groups in total. The monoisotopic (exact) mass is 293 g/mol. The van der Waals surface area contributed by atoms with Crippen LogP contribution < -0.4 is 11.5 Å². The topological polar surface area (TPSA) is 82.2 Å². The molecule has 1 atom stereocenters. The third kappa shape index (κ3) is 1.84. The van der Waals surface area contributed by atoms with E-state index < -0.39 is 5.54 Å².